The highest BCUT2D eigenvalue weighted by atomic mass is 35.5. The Morgan fingerprint density at radius 3 is 2.21 bits per heavy atom. The number of halogens is 1. The molecule has 0 amide bonds. The van der Waals surface area contributed by atoms with Gasteiger partial charge in [0.25, 0.3) is 0 Å². The fourth-order valence-electron chi connectivity index (χ4n) is 3.07. The summed E-state index contributed by atoms with van der Waals surface area (Å²) < 4.78 is 16.0. The van der Waals surface area contributed by atoms with Crippen molar-refractivity contribution in [1.82, 2.24) is 0 Å². The SMILES string of the molecule is COc1ccccc1/C=C(\C#N)C(=O)Oc1ccc(/C=C(\C#N)c2ccc(Cl)cc2)cc1OC. The monoisotopic (exact) mass is 470 g/mol. The molecule has 0 N–H and O–H groups in total. The fourth-order valence-corrected chi connectivity index (χ4v) is 3.19. The van der Waals surface area contributed by atoms with Crippen molar-refractivity contribution in [2.75, 3.05) is 14.2 Å². The first-order valence-corrected chi connectivity index (χ1v) is 10.4. The first kappa shape index (κ1) is 24.1. The van der Waals surface area contributed by atoms with Gasteiger partial charge in [-0.15, -0.1) is 0 Å². The van der Waals surface area contributed by atoms with E-state index in [0.29, 0.717) is 33.0 Å². The minimum absolute atomic E-state index is 0.135. The van der Waals surface area contributed by atoms with Crippen LogP contribution in [0, 0.1) is 22.7 Å². The fraction of sp³-hybridized carbons (Fsp3) is 0.0741. The topological polar surface area (TPSA) is 92.3 Å². The number of rotatable bonds is 7. The molecule has 0 unspecified atom stereocenters. The highest BCUT2D eigenvalue weighted by molar-refractivity contribution is 6.30. The number of nitriles is 2. The van der Waals surface area contributed by atoms with Gasteiger partial charge in [-0.25, -0.2) is 4.79 Å². The predicted octanol–water partition coefficient (Wildman–Crippen LogP) is 5.93. The Morgan fingerprint density at radius 2 is 1.56 bits per heavy atom. The minimum atomic E-state index is -0.839. The smallest absolute Gasteiger partial charge is 0.354 e. The maximum atomic E-state index is 12.7. The summed E-state index contributed by atoms with van der Waals surface area (Å²) in [6.45, 7) is 0. The second-order valence-electron chi connectivity index (χ2n) is 6.89. The number of methoxy groups -OCH3 is 2. The Bertz CT molecular complexity index is 1350. The summed E-state index contributed by atoms with van der Waals surface area (Å²) in [4.78, 5) is 12.7. The Balaban J connectivity index is 1.87. The molecule has 7 heteroatoms. The summed E-state index contributed by atoms with van der Waals surface area (Å²) in [5, 5.41) is 19.6. The lowest BCUT2D eigenvalue weighted by molar-refractivity contribution is -0.129. The first-order chi connectivity index (χ1) is 16.5. The van der Waals surface area contributed by atoms with E-state index >= 15 is 0 Å². The van der Waals surface area contributed by atoms with Gasteiger partial charge in [-0.3, -0.25) is 0 Å². The number of para-hydroxylation sites is 1. The lowest BCUT2D eigenvalue weighted by atomic mass is 10.0. The van der Waals surface area contributed by atoms with Gasteiger partial charge >= 0.3 is 5.97 Å². The average molecular weight is 471 g/mol. The van der Waals surface area contributed by atoms with Gasteiger partial charge in [0.15, 0.2) is 11.5 Å². The van der Waals surface area contributed by atoms with Crippen molar-refractivity contribution in [2.45, 2.75) is 0 Å². The molecule has 0 spiro atoms. The summed E-state index contributed by atoms with van der Waals surface area (Å²) in [6, 6.07) is 22.8. The van der Waals surface area contributed by atoms with E-state index < -0.39 is 5.97 Å². The molecule has 0 aliphatic heterocycles. The first-order valence-electron chi connectivity index (χ1n) is 10.0. The number of ether oxygens (including phenoxy) is 3. The van der Waals surface area contributed by atoms with E-state index in [1.807, 2.05) is 6.07 Å². The van der Waals surface area contributed by atoms with Crippen LogP contribution in [0.15, 0.2) is 72.3 Å². The molecule has 3 aromatic carbocycles. The van der Waals surface area contributed by atoms with Gasteiger partial charge < -0.3 is 14.2 Å². The van der Waals surface area contributed by atoms with Gasteiger partial charge in [0.2, 0.25) is 0 Å². The van der Waals surface area contributed by atoms with E-state index in [0.717, 1.165) is 0 Å². The molecule has 0 radical (unpaired) electrons. The Hall–Kier alpha value is -4.52. The normalized spacial score (nSPS) is 11.2. The molecule has 0 heterocycles. The number of hydrogen-bond donors (Lipinski definition) is 0. The van der Waals surface area contributed by atoms with Crippen molar-refractivity contribution in [3.8, 4) is 29.4 Å². The summed E-state index contributed by atoms with van der Waals surface area (Å²) in [7, 11) is 2.93. The molecule has 0 atom stereocenters. The highest BCUT2D eigenvalue weighted by Gasteiger charge is 2.16. The number of hydrogen-bond acceptors (Lipinski definition) is 6. The molecule has 0 aromatic heterocycles. The number of esters is 1. The van der Waals surface area contributed by atoms with E-state index in [-0.39, 0.29) is 17.1 Å². The van der Waals surface area contributed by atoms with Crippen LogP contribution in [0.5, 0.6) is 17.2 Å². The third-order valence-electron chi connectivity index (χ3n) is 4.76. The van der Waals surface area contributed by atoms with Crippen LogP contribution in [0.3, 0.4) is 0 Å². The average Bonchev–Trinajstić information content (AvgIpc) is 2.87. The summed E-state index contributed by atoms with van der Waals surface area (Å²) in [6.07, 6.45) is 3.08. The van der Waals surface area contributed by atoms with Crippen LogP contribution in [0.2, 0.25) is 5.02 Å². The molecule has 0 fully saturated rings. The lowest BCUT2D eigenvalue weighted by Gasteiger charge is -2.10. The third-order valence-corrected chi connectivity index (χ3v) is 5.01. The molecule has 0 saturated carbocycles. The molecule has 6 nitrogen and oxygen atoms in total. The summed E-state index contributed by atoms with van der Waals surface area (Å²) in [5.41, 5.74) is 2.16. The molecule has 3 rings (SSSR count). The van der Waals surface area contributed by atoms with E-state index in [9.17, 15) is 15.3 Å². The zero-order chi connectivity index (χ0) is 24.5. The Labute approximate surface area is 202 Å². The predicted molar refractivity (Wildman–Crippen MR) is 130 cm³/mol. The van der Waals surface area contributed by atoms with Crippen molar-refractivity contribution in [1.29, 1.82) is 10.5 Å². The molecule has 168 valence electrons. The van der Waals surface area contributed by atoms with Crippen LogP contribution < -0.4 is 14.2 Å². The second-order valence-corrected chi connectivity index (χ2v) is 7.32. The molecule has 3 aromatic rings. The Morgan fingerprint density at radius 1 is 0.853 bits per heavy atom. The van der Waals surface area contributed by atoms with E-state index in [1.165, 1.54) is 26.4 Å². The standard InChI is InChI=1S/C27H19ClN2O4/c1-32-24-6-4-3-5-20(24)15-22(17-30)27(31)34-25-12-7-18(14-26(25)33-2)13-21(16-29)19-8-10-23(28)11-9-19/h3-15H,1-2H3/b21-13+,22-15+. The van der Waals surface area contributed by atoms with Crippen LogP contribution in [0.25, 0.3) is 17.7 Å². The van der Waals surface area contributed by atoms with Crippen LogP contribution in [0.4, 0.5) is 0 Å². The van der Waals surface area contributed by atoms with Crippen molar-refractivity contribution in [3.05, 3.63) is 94.0 Å². The highest BCUT2D eigenvalue weighted by Crippen LogP contribution is 2.31. The number of carbonyl (C=O) groups excluding carboxylic acids is 1. The summed E-state index contributed by atoms with van der Waals surface area (Å²) >= 11 is 5.92. The number of carbonyl (C=O) groups is 1. The largest absolute Gasteiger partial charge is 0.496 e. The van der Waals surface area contributed by atoms with E-state index in [2.05, 4.69) is 6.07 Å². The maximum Gasteiger partial charge on any atom is 0.354 e. The molecule has 0 saturated heterocycles. The molecule has 0 aliphatic rings. The molecular weight excluding hydrogens is 452 g/mol. The van der Waals surface area contributed by atoms with Crippen LogP contribution in [-0.4, -0.2) is 20.2 Å². The molecule has 34 heavy (non-hydrogen) atoms. The van der Waals surface area contributed by atoms with Gasteiger partial charge in [-0.2, -0.15) is 10.5 Å². The number of nitrogens with zero attached hydrogens (tertiary/aromatic N) is 2. The van der Waals surface area contributed by atoms with Gasteiger partial charge in [0.05, 0.1) is 25.9 Å². The zero-order valence-electron chi connectivity index (χ0n) is 18.4. The lowest BCUT2D eigenvalue weighted by Crippen LogP contribution is -2.11. The van der Waals surface area contributed by atoms with Crippen molar-refractivity contribution >= 4 is 35.3 Å². The van der Waals surface area contributed by atoms with E-state index in [1.54, 1.807) is 66.7 Å². The van der Waals surface area contributed by atoms with Crippen molar-refractivity contribution in [3.63, 3.8) is 0 Å². The van der Waals surface area contributed by atoms with Crippen LogP contribution in [-0.2, 0) is 4.79 Å². The zero-order valence-corrected chi connectivity index (χ0v) is 19.2. The number of benzene rings is 3. The van der Waals surface area contributed by atoms with Crippen molar-refractivity contribution < 1.29 is 19.0 Å². The quantitative estimate of drug-likeness (QED) is 0.140. The van der Waals surface area contributed by atoms with Crippen molar-refractivity contribution in [2.24, 2.45) is 0 Å². The second kappa shape index (κ2) is 11.4. The molecule has 0 aliphatic carbocycles. The van der Waals surface area contributed by atoms with Gasteiger partial charge in [0, 0.05) is 10.6 Å². The van der Waals surface area contributed by atoms with Crippen LogP contribution in [0.1, 0.15) is 16.7 Å². The maximum absolute atomic E-state index is 12.7. The Kier molecular flexibility index (Phi) is 8.07. The number of allylic oxidation sites excluding steroid dienone is 1. The third kappa shape index (κ3) is 5.83. The molecular formula is C27H19ClN2O4. The molecule has 0 bridgehead atoms. The van der Waals surface area contributed by atoms with Gasteiger partial charge in [-0.05, 0) is 53.6 Å². The van der Waals surface area contributed by atoms with Crippen LogP contribution >= 0.6 is 11.6 Å². The van der Waals surface area contributed by atoms with Gasteiger partial charge in [0.1, 0.15) is 17.4 Å². The summed E-state index contributed by atoms with van der Waals surface area (Å²) in [5.74, 6) is 0.0838. The van der Waals surface area contributed by atoms with Gasteiger partial charge in [-0.1, -0.05) is 48.0 Å². The van der Waals surface area contributed by atoms with E-state index in [4.69, 9.17) is 25.8 Å². The minimum Gasteiger partial charge on any atom is -0.496 e.